The Bertz CT molecular complexity index is 568. The molecule has 6 heteroatoms. The van der Waals surface area contributed by atoms with Gasteiger partial charge in [0.15, 0.2) is 11.3 Å². The van der Waals surface area contributed by atoms with Crippen LogP contribution in [-0.2, 0) is 15.2 Å². The van der Waals surface area contributed by atoms with Crippen LogP contribution in [0.4, 0.5) is 5.69 Å². The molecule has 0 spiro atoms. The molecule has 0 aliphatic carbocycles. The lowest BCUT2D eigenvalue weighted by atomic mass is 9.94. The second-order valence-electron chi connectivity index (χ2n) is 4.89. The number of aromatic nitrogens is 1. The summed E-state index contributed by atoms with van der Waals surface area (Å²) in [6, 6.07) is 1.72. The van der Waals surface area contributed by atoms with E-state index in [1.807, 2.05) is 13.8 Å². The summed E-state index contributed by atoms with van der Waals surface area (Å²) in [5.41, 5.74) is 8.01. The van der Waals surface area contributed by atoms with Gasteiger partial charge in [-0.25, -0.2) is 9.78 Å². The van der Waals surface area contributed by atoms with E-state index >= 15 is 0 Å². The molecule has 2 rings (SSSR count). The second kappa shape index (κ2) is 4.53. The van der Waals surface area contributed by atoms with E-state index in [1.165, 1.54) is 7.11 Å². The van der Waals surface area contributed by atoms with Crippen molar-refractivity contribution in [1.29, 1.82) is 0 Å². The molecule has 0 aromatic carbocycles. The number of carbonyl (C=O) groups excluding carboxylic acids is 1. The predicted octanol–water partition coefficient (Wildman–Crippen LogP) is 1.77. The van der Waals surface area contributed by atoms with Gasteiger partial charge in [0, 0.05) is 17.7 Å². The minimum Gasteiger partial charge on any atom is -0.464 e. The molecule has 2 heterocycles. The Balaban J connectivity index is 2.49. The molecule has 2 N–H and O–H groups in total. The number of rotatable bonds is 2. The van der Waals surface area contributed by atoms with E-state index in [4.69, 9.17) is 15.3 Å². The Morgan fingerprint density at radius 1 is 1.53 bits per heavy atom. The number of hydrogen-bond donors (Lipinski definition) is 1. The van der Waals surface area contributed by atoms with Gasteiger partial charge in [0.25, 0.3) is 0 Å². The van der Waals surface area contributed by atoms with Crippen LogP contribution < -0.4 is 5.73 Å². The molecule has 1 atom stereocenters. The number of nitrogens with zero attached hydrogens (tertiary/aromatic N) is 2. The third-order valence-electron chi connectivity index (χ3n) is 3.23. The summed E-state index contributed by atoms with van der Waals surface area (Å²) in [7, 11) is 1.31. The van der Waals surface area contributed by atoms with Crippen LogP contribution in [0.2, 0.25) is 0 Å². The number of carbonyl (C=O) groups is 1. The number of methoxy groups -OCH3 is 1. The van der Waals surface area contributed by atoms with Crippen LogP contribution in [0.3, 0.4) is 0 Å². The summed E-state index contributed by atoms with van der Waals surface area (Å²) in [4.78, 5) is 21.5. The normalized spacial score (nSPS) is 21.8. The fraction of sp³-hybridized carbons (Fsp3) is 0.462. The quantitative estimate of drug-likeness (QED) is 0.822. The maximum atomic E-state index is 11.7. The highest BCUT2D eigenvalue weighted by Gasteiger charge is 2.37. The van der Waals surface area contributed by atoms with Gasteiger partial charge in [0.2, 0.25) is 0 Å². The number of hydrogen-bond acceptors (Lipinski definition) is 6. The molecule has 1 unspecified atom stereocenters. The highest BCUT2D eigenvalue weighted by molar-refractivity contribution is 5.90. The van der Waals surface area contributed by atoms with Gasteiger partial charge >= 0.3 is 5.97 Å². The van der Waals surface area contributed by atoms with Gasteiger partial charge in [-0.1, -0.05) is 5.16 Å². The van der Waals surface area contributed by atoms with Crippen LogP contribution in [0, 0.1) is 6.92 Å². The van der Waals surface area contributed by atoms with Gasteiger partial charge in [0.1, 0.15) is 0 Å². The lowest BCUT2D eigenvalue weighted by Gasteiger charge is -2.22. The van der Waals surface area contributed by atoms with Gasteiger partial charge in [-0.2, -0.15) is 0 Å². The molecule has 0 saturated heterocycles. The highest BCUT2D eigenvalue weighted by atomic mass is 16.7. The predicted molar refractivity (Wildman–Crippen MR) is 70.9 cm³/mol. The van der Waals surface area contributed by atoms with E-state index in [9.17, 15) is 4.79 Å². The first-order valence-electron chi connectivity index (χ1n) is 5.95. The largest absolute Gasteiger partial charge is 0.464 e. The molecule has 1 aliphatic heterocycles. The van der Waals surface area contributed by atoms with Crippen LogP contribution in [0.1, 0.15) is 42.0 Å². The van der Waals surface area contributed by atoms with Crippen molar-refractivity contribution in [3.8, 4) is 0 Å². The SMILES string of the molecule is COC(=O)c1nc(C2(C)CC(C)=NO2)cc(N)c1C. The van der Waals surface area contributed by atoms with Gasteiger partial charge in [0.05, 0.1) is 18.5 Å². The Morgan fingerprint density at radius 2 is 2.21 bits per heavy atom. The summed E-state index contributed by atoms with van der Waals surface area (Å²) in [5, 5.41) is 3.93. The maximum Gasteiger partial charge on any atom is 0.357 e. The molecule has 0 radical (unpaired) electrons. The zero-order valence-corrected chi connectivity index (χ0v) is 11.5. The number of pyridine rings is 1. The maximum absolute atomic E-state index is 11.7. The van der Waals surface area contributed by atoms with Crippen molar-refractivity contribution in [3.05, 3.63) is 23.0 Å². The van der Waals surface area contributed by atoms with Crippen LogP contribution in [0.25, 0.3) is 0 Å². The lowest BCUT2D eigenvalue weighted by molar-refractivity contribution is -0.0109. The van der Waals surface area contributed by atoms with Gasteiger partial charge < -0.3 is 15.3 Å². The van der Waals surface area contributed by atoms with Crippen LogP contribution in [0.5, 0.6) is 0 Å². The molecule has 6 nitrogen and oxygen atoms in total. The summed E-state index contributed by atoms with van der Waals surface area (Å²) >= 11 is 0. The van der Waals surface area contributed by atoms with Crippen molar-refractivity contribution in [2.75, 3.05) is 12.8 Å². The van der Waals surface area contributed by atoms with Gasteiger partial charge in [-0.15, -0.1) is 0 Å². The molecule has 102 valence electrons. The zero-order chi connectivity index (χ0) is 14.2. The number of anilines is 1. The van der Waals surface area contributed by atoms with Gasteiger partial charge in [-0.3, -0.25) is 0 Å². The zero-order valence-electron chi connectivity index (χ0n) is 11.5. The summed E-state index contributed by atoms with van der Waals surface area (Å²) in [6.07, 6.45) is 0.614. The Labute approximate surface area is 111 Å². The number of nitrogens with two attached hydrogens (primary N) is 1. The second-order valence-corrected chi connectivity index (χ2v) is 4.89. The van der Waals surface area contributed by atoms with Crippen molar-refractivity contribution in [1.82, 2.24) is 4.98 Å². The molecular weight excluding hydrogens is 246 g/mol. The standard InChI is InChI=1S/C13H17N3O3/c1-7-6-13(3,19-16-7)10-5-9(14)8(2)11(15-10)12(17)18-4/h5H,6H2,1-4H3,(H2,14,15). The Hall–Kier alpha value is -2.11. The average Bonchev–Trinajstić information content (AvgIpc) is 2.72. The van der Waals surface area contributed by atoms with Crippen LogP contribution in [-0.4, -0.2) is 23.8 Å². The van der Waals surface area contributed by atoms with Crippen LogP contribution in [0.15, 0.2) is 11.2 Å². The minimum absolute atomic E-state index is 0.215. The fourth-order valence-electron chi connectivity index (χ4n) is 2.06. The number of esters is 1. The third kappa shape index (κ3) is 2.25. The third-order valence-corrected chi connectivity index (χ3v) is 3.23. The molecule has 19 heavy (non-hydrogen) atoms. The van der Waals surface area contributed by atoms with E-state index in [0.717, 1.165) is 5.71 Å². The Morgan fingerprint density at radius 3 is 2.74 bits per heavy atom. The first-order chi connectivity index (χ1) is 8.87. The lowest BCUT2D eigenvalue weighted by Crippen LogP contribution is -2.25. The van der Waals surface area contributed by atoms with E-state index in [0.29, 0.717) is 23.4 Å². The van der Waals surface area contributed by atoms with E-state index in [2.05, 4.69) is 10.1 Å². The summed E-state index contributed by atoms with van der Waals surface area (Å²) in [5.74, 6) is -0.509. The summed E-state index contributed by atoms with van der Waals surface area (Å²) < 4.78 is 4.72. The molecule has 0 saturated carbocycles. The molecule has 0 fully saturated rings. The molecule has 1 aromatic rings. The monoisotopic (exact) mass is 263 g/mol. The Kier molecular flexibility index (Phi) is 3.18. The van der Waals surface area contributed by atoms with Crippen molar-refractivity contribution in [2.45, 2.75) is 32.8 Å². The van der Waals surface area contributed by atoms with Crippen molar-refractivity contribution in [3.63, 3.8) is 0 Å². The van der Waals surface area contributed by atoms with E-state index < -0.39 is 11.6 Å². The fourth-order valence-corrected chi connectivity index (χ4v) is 2.06. The van der Waals surface area contributed by atoms with Crippen molar-refractivity contribution >= 4 is 17.4 Å². The molecule has 0 bridgehead atoms. The minimum atomic E-state index is -0.686. The molecule has 0 amide bonds. The summed E-state index contributed by atoms with van der Waals surface area (Å²) in [6.45, 7) is 5.48. The van der Waals surface area contributed by atoms with E-state index in [-0.39, 0.29) is 5.69 Å². The van der Waals surface area contributed by atoms with Gasteiger partial charge in [-0.05, 0) is 26.8 Å². The highest BCUT2D eigenvalue weighted by Crippen LogP contribution is 2.35. The first-order valence-corrected chi connectivity index (χ1v) is 5.95. The van der Waals surface area contributed by atoms with Crippen molar-refractivity contribution in [2.24, 2.45) is 5.16 Å². The number of nitrogen functional groups attached to an aromatic ring is 1. The average molecular weight is 263 g/mol. The van der Waals surface area contributed by atoms with Crippen LogP contribution >= 0.6 is 0 Å². The first kappa shape index (κ1) is 13.3. The number of ether oxygens (including phenoxy) is 1. The molecule has 1 aliphatic rings. The molecular formula is C13H17N3O3. The smallest absolute Gasteiger partial charge is 0.357 e. The molecule has 1 aromatic heterocycles. The van der Waals surface area contributed by atoms with E-state index in [1.54, 1.807) is 13.0 Å². The van der Waals surface area contributed by atoms with Crippen molar-refractivity contribution < 1.29 is 14.4 Å². The number of oxime groups is 1. The topological polar surface area (TPSA) is 86.8 Å².